The van der Waals surface area contributed by atoms with E-state index in [-0.39, 0.29) is 24.8 Å². The highest BCUT2D eigenvalue weighted by molar-refractivity contribution is 6.07. The number of urea groups is 1. The van der Waals surface area contributed by atoms with Gasteiger partial charge in [0.1, 0.15) is 24.0 Å². The Labute approximate surface area is 169 Å². The summed E-state index contributed by atoms with van der Waals surface area (Å²) < 4.78 is 5.52. The first kappa shape index (κ1) is 20.5. The van der Waals surface area contributed by atoms with Gasteiger partial charge in [0, 0.05) is 5.56 Å². The minimum atomic E-state index is -1.12. The van der Waals surface area contributed by atoms with Gasteiger partial charge in [0.05, 0.1) is 6.54 Å². The van der Waals surface area contributed by atoms with E-state index in [9.17, 15) is 19.5 Å². The van der Waals surface area contributed by atoms with E-state index < -0.39 is 17.7 Å². The van der Waals surface area contributed by atoms with E-state index in [0.29, 0.717) is 23.3 Å². The average molecular weight is 396 g/mol. The fraction of sp³-hybridized carbons (Fsp3) is 0.318. The second-order valence-electron chi connectivity index (χ2n) is 7.02. The molecule has 29 heavy (non-hydrogen) atoms. The lowest BCUT2D eigenvalue weighted by Gasteiger charge is -2.26. The molecule has 0 aliphatic carbocycles. The van der Waals surface area contributed by atoms with Crippen molar-refractivity contribution in [3.05, 3.63) is 65.7 Å². The Balaban J connectivity index is 1.64. The number of aliphatic hydroxyl groups excluding tert-OH is 1. The summed E-state index contributed by atoms with van der Waals surface area (Å²) in [6.45, 7) is 3.04. The van der Waals surface area contributed by atoms with Crippen molar-refractivity contribution in [3.63, 3.8) is 0 Å². The van der Waals surface area contributed by atoms with E-state index in [1.165, 1.54) is 6.92 Å². The number of carbonyl (C=O) groups is 3. The number of Topliss-reactive ketones (excluding diaryl/α,β-unsaturated/α-hetero) is 1. The van der Waals surface area contributed by atoms with Crippen molar-refractivity contribution < 1.29 is 24.2 Å². The molecule has 1 aliphatic rings. The van der Waals surface area contributed by atoms with Crippen LogP contribution in [0.1, 0.15) is 36.2 Å². The molecule has 2 aromatic carbocycles. The molecule has 7 nitrogen and oxygen atoms in total. The second kappa shape index (κ2) is 8.45. The van der Waals surface area contributed by atoms with Gasteiger partial charge in [0.25, 0.3) is 5.91 Å². The molecule has 152 valence electrons. The Bertz CT molecular complexity index is 897. The van der Waals surface area contributed by atoms with E-state index in [2.05, 4.69) is 5.32 Å². The lowest BCUT2D eigenvalue weighted by Crippen LogP contribution is -2.44. The Morgan fingerprint density at radius 1 is 1.14 bits per heavy atom. The SMILES string of the molecule is CCC1(c2ccccc2)NC(=O)N(CC(O)COc2ccc(C(C)=O)cc2)C1=O. The molecule has 0 spiro atoms. The molecule has 0 saturated carbocycles. The van der Waals surface area contributed by atoms with Gasteiger partial charge in [-0.15, -0.1) is 0 Å². The number of aliphatic hydroxyl groups is 1. The number of imide groups is 1. The molecule has 1 fully saturated rings. The number of nitrogens with zero attached hydrogens (tertiary/aromatic N) is 1. The zero-order valence-electron chi connectivity index (χ0n) is 16.4. The van der Waals surface area contributed by atoms with Crippen LogP contribution in [0.2, 0.25) is 0 Å². The Kier molecular flexibility index (Phi) is 5.98. The average Bonchev–Trinajstić information content (AvgIpc) is 2.98. The monoisotopic (exact) mass is 396 g/mol. The first-order valence-electron chi connectivity index (χ1n) is 9.49. The van der Waals surface area contributed by atoms with E-state index >= 15 is 0 Å². The van der Waals surface area contributed by atoms with E-state index in [0.717, 1.165) is 4.90 Å². The summed E-state index contributed by atoms with van der Waals surface area (Å²) in [5, 5.41) is 13.1. The Morgan fingerprint density at radius 2 is 1.79 bits per heavy atom. The summed E-state index contributed by atoms with van der Waals surface area (Å²) in [7, 11) is 0. The third kappa shape index (κ3) is 4.14. The lowest BCUT2D eigenvalue weighted by molar-refractivity contribution is -0.132. The number of carbonyl (C=O) groups excluding carboxylic acids is 3. The van der Waals surface area contributed by atoms with Gasteiger partial charge in [-0.1, -0.05) is 37.3 Å². The van der Waals surface area contributed by atoms with Crippen molar-refractivity contribution in [2.24, 2.45) is 0 Å². The van der Waals surface area contributed by atoms with Crippen LogP contribution in [0, 0.1) is 0 Å². The molecule has 0 radical (unpaired) electrons. The van der Waals surface area contributed by atoms with Gasteiger partial charge in [-0.25, -0.2) is 4.79 Å². The van der Waals surface area contributed by atoms with Gasteiger partial charge < -0.3 is 15.2 Å². The smallest absolute Gasteiger partial charge is 0.325 e. The molecule has 2 N–H and O–H groups in total. The number of rotatable bonds is 8. The normalized spacial score (nSPS) is 19.8. The van der Waals surface area contributed by atoms with Gasteiger partial charge in [-0.2, -0.15) is 0 Å². The van der Waals surface area contributed by atoms with Crippen LogP contribution in [0.25, 0.3) is 0 Å². The van der Waals surface area contributed by atoms with Crippen LogP contribution in [-0.2, 0) is 10.3 Å². The molecule has 1 heterocycles. The number of nitrogens with one attached hydrogen (secondary N) is 1. The third-order valence-corrected chi connectivity index (χ3v) is 5.07. The molecule has 7 heteroatoms. The maximum Gasteiger partial charge on any atom is 0.325 e. The zero-order valence-corrected chi connectivity index (χ0v) is 16.4. The quantitative estimate of drug-likeness (QED) is 0.528. The predicted octanol–water partition coefficient (Wildman–Crippen LogP) is 2.49. The molecule has 3 rings (SSSR count). The molecule has 0 aromatic heterocycles. The van der Waals surface area contributed by atoms with Crippen molar-refractivity contribution in [2.45, 2.75) is 31.9 Å². The summed E-state index contributed by atoms with van der Waals surface area (Å²) in [5.41, 5.74) is 0.148. The maximum absolute atomic E-state index is 13.0. The molecule has 3 amide bonds. The van der Waals surface area contributed by atoms with Crippen molar-refractivity contribution in [1.82, 2.24) is 10.2 Å². The Morgan fingerprint density at radius 3 is 2.38 bits per heavy atom. The fourth-order valence-electron chi connectivity index (χ4n) is 3.40. The molecule has 0 bridgehead atoms. The predicted molar refractivity (Wildman–Crippen MR) is 107 cm³/mol. The third-order valence-electron chi connectivity index (χ3n) is 5.07. The van der Waals surface area contributed by atoms with E-state index in [4.69, 9.17) is 4.74 Å². The van der Waals surface area contributed by atoms with Crippen LogP contribution in [0.3, 0.4) is 0 Å². The van der Waals surface area contributed by atoms with Gasteiger partial charge >= 0.3 is 6.03 Å². The Hall–Kier alpha value is -3.19. The number of amides is 3. The molecule has 2 unspecified atom stereocenters. The zero-order chi connectivity index (χ0) is 21.0. The van der Waals surface area contributed by atoms with Crippen molar-refractivity contribution in [2.75, 3.05) is 13.2 Å². The summed E-state index contributed by atoms with van der Waals surface area (Å²) in [6.07, 6.45) is -0.659. The second-order valence-corrected chi connectivity index (χ2v) is 7.02. The lowest BCUT2D eigenvalue weighted by atomic mass is 9.87. The number of ether oxygens (including phenoxy) is 1. The summed E-state index contributed by atoms with van der Waals surface area (Å²) >= 11 is 0. The van der Waals surface area contributed by atoms with E-state index in [1.807, 2.05) is 25.1 Å². The van der Waals surface area contributed by atoms with Gasteiger partial charge in [0.15, 0.2) is 5.78 Å². The summed E-state index contributed by atoms with van der Waals surface area (Å²) in [4.78, 5) is 37.8. The highest BCUT2D eigenvalue weighted by Gasteiger charge is 2.51. The topological polar surface area (TPSA) is 95.9 Å². The highest BCUT2D eigenvalue weighted by Crippen LogP contribution is 2.32. The van der Waals surface area contributed by atoms with Crippen LogP contribution in [0.15, 0.2) is 54.6 Å². The number of β-amino-alcohol motifs (C(OH)–C–C–N with tert-alkyl or cyclic N) is 1. The molecular weight excluding hydrogens is 372 g/mol. The minimum Gasteiger partial charge on any atom is -0.491 e. The largest absolute Gasteiger partial charge is 0.491 e. The molecule has 2 aromatic rings. The molecule has 1 saturated heterocycles. The molecular formula is C22H24N2O5. The maximum atomic E-state index is 13.0. The minimum absolute atomic E-state index is 0.0482. The van der Waals surface area contributed by atoms with Crippen LogP contribution in [0.5, 0.6) is 5.75 Å². The molecule has 1 aliphatic heterocycles. The summed E-state index contributed by atoms with van der Waals surface area (Å²) in [6, 6.07) is 15.1. The van der Waals surface area contributed by atoms with Crippen LogP contribution < -0.4 is 10.1 Å². The standard InChI is InChI=1S/C22H24N2O5/c1-3-22(17-7-5-4-6-8-17)20(27)24(21(28)23-22)13-18(26)14-29-19-11-9-16(10-12-19)15(2)25/h4-12,18,26H,3,13-14H2,1-2H3,(H,23,28). The van der Waals surface area contributed by atoms with Gasteiger partial charge in [0.2, 0.25) is 0 Å². The van der Waals surface area contributed by atoms with Crippen molar-refractivity contribution >= 4 is 17.7 Å². The number of hydrogen-bond acceptors (Lipinski definition) is 5. The fourth-order valence-corrected chi connectivity index (χ4v) is 3.40. The number of benzene rings is 2. The number of hydrogen-bond donors (Lipinski definition) is 2. The van der Waals surface area contributed by atoms with Gasteiger partial charge in [-0.3, -0.25) is 14.5 Å². The van der Waals surface area contributed by atoms with Crippen LogP contribution in [0.4, 0.5) is 4.79 Å². The highest BCUT2D eigenvalue weighted by atomic mass is 16.5. The van der Waals surface area contributed by atoms with Crippen molar-refractivity contribution in [1.29, 1.82) is 0 Å². The summed E-state index contributed by atoms with van der Waals surface area (Å²) in [5.74, 6) is 0.0486. The first-order chi connectivity index (χ1) is 13.9. The van der Waals surface area contributed by atoms with Gasteiger partial charge in [-0.05, 0) is 43.2 Å². The van der Waals surface area contributed by atoms with Crippen LogP contribution >= 0.6 is 0 Å². The molecule has 2 atom stereocenters. The van der Waals surface area contributed by atoms with Crippen molar-refractivity contribution in [3.8, 4) is 5.75 Å². The number of ketones is 1. The first-order valence-corrected chi connectivity index (χ1v) is 9.49. The van der Waals surface area contributed by atoms with Crippen LogP contribution in [-0.4, -0.2) is 47.0 Å². The van der Waals surface area contributed by atoms with E-state index in [1.54, 1.807) is 36.4 Å².